The zero-order valence-electron chi connectivity index (χ0n) is 15.4. The van der Waals surface area contributed by atoms with Crippen molar-refractivity contribution in [1.82, 2.24) is 14.9 Å². The lowest BCUT2D eigenvalue weighted by Gasteiger charge is -2.36. The molecule has 2 N–H and O–H groups in total. The predicted molar refractivity (Wildman–Crippen MR) is 107 cm³/mol. The quantitative estimate of drug-likeness (QED) is 0.693. The Morgan fingerprint density at radius 1 is 1.10 bits per heavy atom. The summed E-state index contributed by atoms with van der Waals surface area (Å²) in [7, 11) is 0. The molecule has 11 heteroatoms. The number of aliphatic hydroxyl groups is 1. The smallest absolute Gasteiger partial charge is 0.396 e. The van der Waals surface area contributed by atoms with Crippen LogP contribution in [0, 0.1) is 0 Å². The highest BCUT2D eigenvalue weighted by Crippen LogP contribution is 2.36. The van der Waals surface area contributed by atoms with Crippen LogP contribution in [0.1, 0.15) is 12.0 Å². The number of anilines is 3. The Kier molecular flexibility index (Phi) is 7.05. The molecule has 0 radical (unpaired) electrons. The zero-order valence-corrected chi connectivity index (χ0v) is 16.9. The van der Waals surface area contributed by atoms with Gasteiger partial charge >= 0.3 is 6.18 Å². The third-order valence-electron chi connectivity index (χ3n) is 4.55. The molecule has 1 aliphatic heterocycles. The second-order valence-corrected chi connectivity index (χ2v) is 7.40. The van der Waals surface area contributed by atoms with Crippen molar-refractivity contribution in [2.75, 3.05) is 49.5 Å². The highest BCUT2D eigenvalue weighted by atomic mass is 35.5. The summed E-state index contributed by atoms with van der Waals surface area (Å²) in [6, 6.07) is 4.75. The molecule has 0 saturated carbocycles. The van der Waals surface area contributed by atoms with Crippen LogP contribution in [-0.2, 0) is 6.18 Å². The van der Waals surface area contributed by atoms with Crippen molar-refractivity contribution in [1.29, 1.82) is 0 Å². The maximum atomic E-state index is 13.5. The van der Waals surface area contributed by atoms with Gasteiger partial charge in [-0.05, 0) is 24.6 Å². The number of rotatable bonds is 6. The summed E-state index contributed by atoms with van der Waals surface area (Å²) < 4.78 is 40.5. The molecule has 0 unspecified atom stereocenters. The first-order chi connectivity index (χ1) is 13.8. The van der Waals surface area contributed by atoms with Gasteiger partial charge < -0.3 is 15.3 Å². The van der Waals surface area contributed by atoms with Gasteiger partial charge in [0.25, 0.3) is 0 Å². The van der Waals surface area contributed by atoms with Gasteiger partial charge in [0.05, 0.1) is 10.0 Å². The van der Waals surface area contributed by atoms with Gasteiger partial charge in [0, 0.05) is 51.2 Å². The van der Waals surface area contributed by atoms with Gasteiger partial charge in [-0.15, -0.1) is 0 Å². The maximum Gasteiger partial charge on any atom is 0.421 e. The third-order valence-corrected chi connectivity index (χ3v) is 5.29. The summed E-state index contributed by atoms with van der Waals surface area (Å²) in [6.45, 7) is 2.79. The van der Waals surface area contributed by atoms with Crippen LogP contribution in [-0.4, -0.2) is 59.3 Å². The average molecular weight is 450 g/mol. The SMILES string of the molecule is OCCCN1CCN(c2nc(Nc3ccc(Cl)c(Cl)c3)ncc2C(F)(F)F)CC1. The molecule has 0 bridgehead atoms. The standard InChI is InChI=1S/C18H20Cl2F3N5O/c19-14-3-2-12(10-15(14)20)25-17-24-11-13(18(21,22)23)16(26-17)28-7-5-27(6-8-28)4-1-9-29/h2-3,10-11,29H,1,4-9H2,(H,24,25,26). The predicted octanol–water partition coefficient (Wildman–Crippen LogP) is 4.05. The van der Waals surface area contributed by atoms with Gasteiger partial charge in [0.1, 0.15) is 11.4 Å². The van der Waals surface area contributed by atoms with E-state index in [4.69, 9.17) is 28.3 Å². The molecule has 2 aromatic rings. The van der Waals surface area contributed by atoms with Crippen molar-refractivity contribution in [2.24, 2.45) is 0 Å². The van der Waals surface area contributed by atoms with E-state index in [-0.39, 0.29) is 18.4 Å². The molecular formula is C18H20Cl2F3N5O. The summed E-state index contributed by atoms with van der Waals surface area (Å²) in [4.78, 5) is 11.7. The molecule has 0 aliphatic carbocycles. The number of nitrogens with one attached hydrogen (secondary N) is 1. The number of halogens is 5. The van der Waals surface area contributed by atoms with Crippen LogP contribution in [0.3, 0.4) is 0 Å². The van der Waals surface area contributed by atoms with Crippen molar-refractivity contribution in [2.45, 2.75) is 12.6 Å². The van der Waals surface area contributed by atoms with Crippen molar-refractivity contribution in [3.05, 3.63) is 40.0 Å². The number of alkyl halides is 3. The van der Waals surface area contributed by atoms with Crippen LogP contribution in [0.5, 0.6) is 0 Å². The van der Waals surface area contributed by atoms with Crippen LogP contribution in [0.2, 0.25) is 10.0 Å². The van der Waals surface area contributed by atoms with E-state index in [9.17, 15) is 13.2 Å². The van der Waals surface area contributed by atoms with Crippen LogP contribution >= 0.6 is 23.2 Å². The van der Waals surface area contributed by atoms with Crippen LogP contribution in [0.25, 0.3) is 0 Å². The molecule has 29 heavy (non-hydrogen) atoms. The highest BCUT2D eigenvalue weighted by molar-refractivity contribution is 6.42. The lowest BCUT2D eigenvalue weighted by Crippen LogP contribution is -2.47. The van der Waals surface area contributed by atoms with Gasteiger partial charge in [-0.1, -0.05) is 23.2 Å². The number of aliphatic hydroxyl groups excluding tert-OH is 1. The minimum absolute atomic E-state index is 0.0362. The Balaban J connectivity index is 1.82. The molecule has 3 rings (SSSR count). The molecule has 0 atom stereocenters. The fourth-order valence-corrected chi connectivity index (χ4v) is 3.35. The molecule has 0 amide bonds. The molecule has 6 nitrogen and oxygen atoms in total. The average Bonchev–Trinajstić information content (AvgIpc) is 2.69. The zero-order chi connectivity index (χ0) is 21.0. The van der Waals surface area contributed by atoms with Crippen LogP contribution < -0.4 is 10.2 Å². The van der Waals surface area contributed by atoms with Crippen molar-refractivity contribution in [3.63, 3.8) is 0 Å². The maximum absolute atomic E-state index is 13.5. The second-order valence-electron chi connectivity index (χ2n) is 6.59. The van der Waals surface area contributed by atoms with Crippen molar-refractivity contribution in [3.8, 4) is 0 Å². The number of piperazine rings is 1. The number of aromatic nitrogens is 2. The van der Waals surface area contributed by atoms with E-state index in [1.54, 1.807) is 23.1 Å². The normalized spacial score (nSPS) is 15.6. The number of nitrogens with zero attached hydrogens (tertiary/aromatic N) is 4. The molecule has 1 aliphatic rings. The van der Waals surface area contributed by atoms with E-state index >= 15 is 0 Å². The molecule has 1 fully saturated rings. The summed E-state index contributed by atoms with van der Waals surface area (Å²) in [5, 5.41) is 12.5. The minimum Gasteiger partial charge on any atom is -0.396 e. The topological polar surface area (TPSA) is 64.5 Å². The lowest BCUT2D eigenvalue weighted by atomic mass is 10.2. The summed E-state index contributed by atoms with van der Waals surface area (Å²) in [5.74, 6) is -0.119. The highest BCUT2D eigenvalue weighted by Gasteiger charge is 2.37. The Hall–Kier alpha value is -1.81. The molecule has 2 heterocycles. The fourth-order valence-electron chi connectivity index (χ4n) is 3.05. The van der Waals surface area contributed by atoms with Crippen molar-refractivity contribution >= 4 is 40.7 Å². The second kappa shape index (κ2) is 9.34. The summed E-state index contributed by atoms with van der Waals surface area (Å²) in [6.07, 6.45) is -3.13. The fraction of sp³-hybridized carbons (Fsp3) is 0.444. The van der Waals surface area contributed by atoms with Crippen LogP contribution in [0.4, 0.5) is 30.6 Å². The first kappa shape index (κ1) is 21.9. The molecule has 1 saturated heterocycles. The van der Waals surface area contributed by atoms with E-state index in [0.717, 1.165) is 6.20 Å². The molecular weight excluding hydrogens is 430 g/mol. The third kappa shape index (κ3) is 5.63. The van der Waals surface area contributed by atoms with E-state index in [1.807, 2.05) is 0 Å². The van der Waals surface area contributed by atoms with E-state index < -0.39 is 11.7 Å². The first-order valence-electron chi connectivity index (χ1n) is 9.02. The summed E-state index contributed by atoms with van der Waals surface area (Å²) >= 11 is 11.9. The number of hydrogen-bond acceptors (Lipinski definition) is 6. The Morgan fingerprint density at radius 2 is 1.83 bits per heavy atom. The van der Waals surface area contributed by atoms with E-state index in [2.05, 4.69) is 20.2 Å². The molecule has 0 spiro atoms. The lowest BCUT2D eigenvalue weighted by molar-refractivity contribution is -0.137. The minimum atomic E-state index is -4.56. The van der Waals surface area contributed by atoms with Gasteiger partial charge in [-0.2, -0.15) is 18.2 Å². The Labute approximate surface area is 176 Å². The van der Waals surface area contributed by atoms with Crippen LogP contribution in [0.15, 0.2) is 24.4 Å². The largest absolute Gasteiger partial charge is 0.421 e. The van der Waals surface area contributed by atoms with Gasteiger partial charge in [-0.25, -0.2) is 4.98 Å². The molecule has 158 valence electrons. The van der Waals surface area contributed by atoms with E-state index in [0.29, 0.717) is 54.9 Å². The molecule has 1 aromatic carbocycles. The Morgan fingerprint density at radius 3 is 2.45 bits per heavy atom. The van der Waals surface area contributed by atoms with Gasteiger partial charge in [-0.3, -0.25) is 4.90 Å². The van der Waals surface area contributed by atoms with Gasteiger partial charge in [0.15, 0.2) is 0 Å². The monoisotopic (exact) mass is 449 g/mol. The van der Waals surface area contributed by atoms with Gasteiger partial charge in [0.2, 0.25) is 5.95 Å². The first-order valence-corrected chi connectivity index (χ1v) is 9.78. The molecule has 1 aromatic heterocycles. The number of benzene rings is 1. The van der Waals surface area contributed by atoms with Crippen molar-refractivity contribution < 1.29 is 18.3 Å². The summed E-state index contributed by atoms with van der Waals surface area (Å²) in [5.41, 5.74) is -0.361. The Bertz CT molecular complexity index is 845. The van der Waals surface area contributed by atoms with E-state index in [1.165, 1.54) is 0 Å². The number of hydrogen-bond donors (Lipinski definition) is 2.